The van der Waals surface area contributed by atoms with Gasteiger partial charge in [-0.3, -0.25) is 0 Å². The molecular weight excluding hydrogens is 174 g/mol. The largest absolute Gasteiger partial charge is 0.336 e. The zero-order valence-electron chi connectivity index (χ0n) is 6.39. The Bertz CT molecular complexity index is 187. The highest BCUT2D eigenvalue weighted by molar-refractivity contribution is 7.91. The number of halogens is 2. The van der Waals surface area contributed by atoms with Gasteiger partial charge in [0.25, 0.3) is 0 Å². The first-order valence-electron chi connectivity index (χ1n) is 3.50. The van der Waals surface area contributed by atoms with Crippen molar-refractivity contribution in [1.29, 1.82) is 0 Å². The van der Waals surface area contributed by atoms with E-state index in [4.69, 9.17) is 0 Å². The zero-order chi connectivity index (χ0) is 8.91. The Labute approximate surface area is 65.5 Å². The summed E-state index contributed by atoms with van der Waals surface area (Å²) < 4.78 is 44.2. The number of unbranched alkanes of at least 4 members (excludes halogenated alkanes) is 2. The molecule has 0 saturated carbocycles. The van der Waals surface area contributed by atoms with Crippen LogP contribution < -0.4 is 0 Å². The molecule has 0 aliphatic rings. The molecule has 2 nitrogen and oxygen atoms in total. The van der Waals surface area contributed by atoms with Crippen LogP contribution in [0.4, 0.5) is 8.78 Å². The quantitative estimate of drug-likeness (QED) is 0.614. The van der Waals surface area contributed by atoms with Crippen molar-refractivity contribution < 1.29 is 17.2 Å². The van der Waals surface area contributed by atoms with Gasteiger partial charge in [0.05, 0.1) is 5.75 Å². The molecule has 11 heavy (non-hydrogen) atoms. The monoisotopic (exact) mass is 186 g/mol. The van der Waals surface area contributed by atoms with E-state index in [1.54, 1.807) is 0 Å². The van der Waals surface area contributed by atoms with Gasteiger partial charge in [0.2, 0.25) is 9.84 Å². The molecule has 5 heteroatoms. The van der Waals surface area contributed by atoms with E-state index in [1.165, 1.54) is 0 Å². The fourth-order valence-electron chi connectivity index (χ4n) is 0.642. The van der Waals surface area contributed by atoms with Gasteiger partial charge in [-0.25, -0.2) is 8.42 Å². The van der Waals surface area contributed by atoms with Gasteiger partial charge in [0.1, 0.15) is 0 Å². The Balaban J connectivity index is 3.75. The molecule has 0 unspecified atom stereocenters. The standard InChI is InChI=1S/C6H12F2O2S/c1-2-3-4-5-11(9,10)6(7)8/h6H,2-5H2,1H3. The normalized spacial score (nSPS) is 12.4. The minimum atomic E-state index is -4.10. The van der Waals surface area contributed by atoms with Crippen LogP contribution in [0.1, 0.15) is 26.2 Å². The highest BCUT2D eigenvalue weighted by Crippen LogP contribution is 2.08. The van der Waals surface area contributed by atoms with Crippen molar-refractivity contribution in [2.75, 3.05) is 5.75 Å². The van der Waals surface area contributed by atoms with E-state index in [0.29, 0.717) is 12.8 Å². The molecule has 0 radical (unpaired) electrons. The molecule has 0 aromatic heterocycles. The summed E-state index contributed by atoms with van der Waals surface area (Å²) in [7, 11) is -4.10. The number of sulfone groups is 1. The van der Waals surface area contributed by atoms with Crippen molar-refractivity contribution in [3.05, 3.63) is 0 Å². The molecule has 0 aliphatic heterocycles. The highest BCUT2D eigenvalue weighted by Gasteiger charge is 2.22. The van der Waals surface area contributed by atoms with Crippen LogP contribution >= 0.6 is 0 Å². The molecule has 0 aromatic rings. The molecule has 0 aliphatic carbocycles. The third kappa shape index (κ3) is 4.29. The molecule has 0 spiro atoms. The van der Waals surface area contributed by atoms with E-state index in [9.17, 15) is 17.2 Å². The number of hydrogen-bond donors (Lipinski definition) is 0. The molecular formula is C6H12F2O2S. The SMILES string of the molecule is CCCCCS(=O)(=O)C(F)F. The second kappa shape index (κ2) is 4.64. The molecule has 0 heterocycles. The lowest BCUT2D eigenvalue weighted by molar-refractivity contribution is 0.234. The van der Waals surface area contributed by atoms with Crippen LogP contribution in [-0.2, 0) is 9.84 Å². The van der Waals surface area contributed by atoms with Crippen LogP contribution in [0.5, 0.6) is 0 Å². The average Bonchev–Trinajstić information content (AvgIpc) is 1.88. The van der Waals surface area contributed by atoms with Crippen LogP contribution in [0.3, 0.4) is 0 Å². The predicted octanol–water partition coefficient (Wildman–Crippen LogP) is 1.81. The van der Waals surface area contributed by atoms with Crippen molar-refractivity contribution in [1.82, 2.24) is 0 Å². The lowest BCUT2D eigenvalue weighted by Crippen LogP contribution is -2.15. The Morgan fingerprint density at radius 2 is 1.82 bits per heavy atom. The first-order valence-corrected chi connectivity index (χ1v) is 5.22. The minimum absolute atomic E-state index is 0.336. The van der Waals surface area contributed by atoms with E-state index < -0.39 is 21.3 Å². The fourth-order valence-corrected chi connectivity index (χ4v) is 1.43. The molecule has 0 rings (SSSR count). The summed E-state index contributed by atoms with van der Waals surface area (Å²) in [6.45, 7) is 1.88. The van der Waals surface area contributed by atoms with E-state index in [2.05, 4.69) is 0 Å². The summed E-state index contributed by atoms with van der Waals surface area (Å²) in [4.78, 5) is 0. The first kappa shape index (κ1) is 10.8. The van der Waals surface area contributed by atoms with Gasteiger partial charge in [-0.05, 0) is 6.42 Å². The summed E-state index contributed by atoms with van der Waals surface area (Å²) in [5, 5.41) is 0. The number of alkyl halides is 2. The fraction of sp³-hybridized carbons (Fsp3) is 1.00. The molecule has 0 aromatic carbocycles. The Morgan fingerprint density at radius 1 is 1.27 bits per heavy atom. The molecule has 0 atom stereocenters. The lowest BCUT2D eigenvalue weighted by atomic mass is 10.3. The van der Waals surface area contributed by atoms with Crippen molar-refractivity contribution in [2.24, 2.45) is 0 Å². The summed E-state index contributed by atoms with van der Waals surface area (Å²) in [6.07, 6.45) is 1.86. The van der Waals surface area contributed by atoms with Gasteiger partial charge < -0.3 is 0 Å². The van der Waals surface area contributed by atoms with Crippen LogP contribution in [-0.4, -0.2) is 19.9 Å². The number of hydrogen-bond acceptors (Lipinski definition) is 2. The summed E-state index contributed by atoms with van der Waals surface area (Å²) in [6, 6.07) is 0. The minimum Gasteiger partial charge on any atom is -0.223 e. The predicted molar refractivity (Wildman–Crippen MR) is 39.3 cm³/mol. The Morgan fingerprint density at radius 3 is 2.18 bits per heavy atom. The maximum atomic E-state index is 11.7. The van der Waals surface area contributed by atoms with Crippen LogP contribution in [0, 0.1) is 0 Å². The van der Waals surface area contributed by atoms with Crippen LogP contribution in [0.25, 0.3) is 0 Å². The number of rotatable bonds is 5. The van der Waals surface area contributed by atoms with Crippen molar-refractivity contribution in [3.63, 3.8) is 0 Å². The van der Waals surface area contributed by atoms with E-state index in [1.807, 2.05) is 6.92 Å². The second-order valence-electron chi connectivity index (χ2n) is 2.33. The summed E-state index contributed by atoms with van der Waals surface area (Å²) in [5.41, 5.74) is 0. The van der Waals surface area contributed by atoms with E-state index in [-0.39, 0.29) is 0 Å². The third-order valence-corrected chi connectivity index (χ3v) is 2.70. The second-order valence-corrected chi connectivity index (χ2v) is 4.43. The molecule has 0 amide bonds. The van der Waals surface area contributed by atoms with Gasteiger partial charge in [-0.15, -0.1) is 0 Å². The maximum Gasteiger partial charge on any atom is 0.336 e. The molecule has 0 N–H and O–H groups in total. The maximum absolute atomic E-state index is 11.7. The van der Waals surface area contributed by atoms with E-state index in [0.717, 1.165) is 6.42 Å². The van der Waals surface area contributed by atoms with Crippen molar-refractivity contribution in [3.8, 4) is 0 Å². The Hall–Kier alpha value is -0.190. The zero-order valence-corrected chi connectivity index (χ0v) is 7.20. The highest BCUT2D eigenvalue weighted by atomic mass is 32.2. The molecule has 0 fully saturated rings. The van der Waals surface area contributed by atoms with Crippen molar-refractivity contribution in [2.45, 2.75) is 31.9 Å². The van der Waals surface area contributed by atoms with Crippen LogP contribution in [0.2, 0.25) is 0 Å². The van der Waals surface area contributed by atoms with Crippen molar-refractivity contribution >= 4 is 9.84 Å². The van der Waals surface area contributed by atoms with Crippen LogP contribution in [0.15, 0.2) is 0 Å². The van der Waals surface area contributed by atoms with Gasteiger partial charge in [-0.2, -0.15) is 8.78 Å². The lowest BCUT2D eigenvalue weighted by Gasteiger charge is -2.00. The van der Waals surface area contributed by atoms with Gasteiger partial charge >= 0.3 is 5.76 Å². The molecule has 0 bridgehead atoms. The van der Waals surface area contributed by atoms with E-state index >= 15 is 0 Å². The topological polar surface area (TPSA) is 34.1 Å². The smallest absolute Gasteiger partial charge is 0.223 e. The van der Waals surface area contributed by atoms with Gasteiger partial charge in [0.15, 0.2) is 0 Å². The van der Waals surface area contributed by atoms with Gasteiger partial charge in [-0.1, -0.05) is 19.8 Å². The van der Waals surface area contributed by atoms with Gasteiger partial charge in [0, 0.05) is 0 Å². The summed E-state index contributed by atoms with van der Waals surface area (Å²) >= 11 is 0. The third-order valence-electron chi connectivity index (χ3n) is 1.30. The molecule has 0 saturated heterocycles. The Kier molecular flexibility index (Phi) is 4.56. The summed E-state index contributed by atoms with van der Waals surface area (Å²) in [5.74, 6) is -3.60. The first-order chi connectivity index (χ1) is 5.00. The average molecular weight is 186 g/mol. The molecule has 68 valence electrons.